The maximum Gasteiger partial charge on any atom is 0.414 e. The number of carbonyl (C=O) groups is 1. The van der Waals surface area contributed by atoms with Gasteiger partial charge in [-0.15, -0.1) is 0 Å². The lowest BCUT2D eigenvalue weighted by molar-refractivity contribution is 0.171. The Bertz CT molecular complexity index is 970. The average molecular weight is 418 g/mol. The molecule has 3 rings (SSSR count). The molecule has 0 bridgehead atoms. The molecule has 9 heteroatoms. The van der Waals surface area contributed by atoms with E-state index >= 15 is 0 Å². The molecule has 0 spiro atoms. The van der Waals surface area contributed by atoms with Crippen molar-refractivity contribution in [1.29, 1.82) is 0 Å². The summed E-state index contributed by atoms with van der Waals surface area (Å²) in [7, 11) is 3.21. The third-order valence-electron chi connectivity index (χ3n) is 3.81. The van der Waals surface area contributed by atoms with E-state index in [0.29, 0.717) is 32.9 Å². The minimum absolute atomic E-state index is 0.308. The van der Waals surface area contributed by atoms with Crippen molar-refractivity contribution in [1.82, 2.24) is 19.9 Å². The second-order valence-corrected chi connectivity index (χ2v) is 6.76. The van der Waals surface area contributed by atoms with Crippen molar-refractivity contribution in [2.75, 3.05) is 19.4 Å². The third kappa shape index (κ3) is 4.49. The van der Waals surface area contributed by atoms with Gasteiger partial charge in [0.05, 0.1) is 16.1 Å². The van der Waals surface area contributed by atoms with E-state index in [2.05, 4.69) is 20.3 Å². The maximum absolute atomic E-state index is 12.1. The molecule has 2 aromatic heterocycles. The fourth-order valence-corrected chi connectivity index (χ4v) is 2.83. The van der Waals surface area contributed by atoms with Gasteiger partial charge in [0.15, 0.2) is 0 Å². The van der Waals surface area contributed by atoms with Crippen molar-refractivity contribution < 1.29 is 9.53 Å². The van der Waals surface area contributed by atoms with Crippen LogP contribution in [-0.2, 0) is 0 Å². The Morgan fingerprint density at radius 3 is 2.50 bits per heavy atom. The first-order chi connectivity index (χ1) is 13.5. The van der Waals surface area contributed by atoms with Crippen LogP contribution in [0.2, 0.25) is 10.0 Å². The number of pyridine rings is 1. The van der Waals surface area contributed by atoms with E-state index in [9.17, 15) is 4.79 Å². The fraction of sp³-hybridized carbons (Fsp3) is 0.158. The van der Waals surface area contributed by atoms with E-state index in [0.717, 1.165) is 0 Å². The Morgan fingerprint density at radius 1 is 1.07 bits per heavy atom. The van der Waals surface area contributed by atoms with Gasteiger partial charge in [-0.1, -0.05) is 41.4 Å². The van der Waals surface area contributed by atoms with Crippen LogP contribution < -0.4 is 10.1 Å². The van der Waals surface area contributed by atoms with Crippen molar-refractivity contribution in [3.63, 3.8) is 0 Å². The highest BCUT2D eigenvalue weighted by molar-refractivity contribution is 6.42. The maximum atomic E-state index is 12.1. The molecule has 0 fully saturated rings. The molecule has 1 aromatic carbocycles. The first kappa shape index (κ1) is 19.9. The quantitative estimate of drug-likeness (QED) is 0.660. The zero-order valence-corrected chi connectivity index (χ0v) is 16.6. The molecule has 0 saturated heterocycles. The molecule has 0 aliphatic rings. The summed E-state index contributed by atoms with van der Waals surface area (Å²) >= 11 is 12.6. The van der Waals surface area contributed by atoms with Crippen molar-refractivity contribution >= 4 is 35.2 Å². The predicted octanol–water partition coefficient (Wildman–Crippen LogP) is 4.44. The minimum Gasteiger partial charge on any atom is -0.410 e. The van der Waals surface area contributed by atoms with Crippen molar-refractivity contribution in [3.05, 3.63) is 76.3 Å². The number of para-hydroxylation sites is 1. The van der Waals surface area contributed by atoms with E-state index in [4.69, 9.17) is 27.9 Å². The monoisotopic (exact) mass is 417 g/mol. The van der Waals surface area contributed by atoms with Gasteiger partial charge in [-0.05, 0) is 12.1 Å². The average Bonchev–Trinajstić information content (AvgIpc) is 2.70. The van der Waals surface area contributed by atoms with Gasteiger partial charge in [-0.2, -0.15) is 0 Å². The topological polar surface area (TPSA) is 80.2 Å². The van der Waals surface area contributed by atoms with Gasteiger partial charge >= 0.3 is 6.09 Å². The highest BCUT2D eigenvalue weighted by atomic mass is 35.5. The number of amides is 1. The van der Waals surface area contributed by atoms with Crippen LogP contribution in [0.3, 0.4) is 0 Å². The van der Waals surface area contributed by atoms with Crippen LogP contribution in [0.15, 0.2) is 55.1 Å². The molecule has 1 N–H and O–H groups in total. The molecule has 1 amide bonds. The molecular formula is C19H17Cl2N5O2. The largest absolute Gasteiger partial charge is 0.414 e. The number of nitrogens with one attached hydrogen (secondary N) is 1. The van der Waals surface area contributed by atoms with Gasteiger partial charge in [0.25, 0.3) is 0 Å². The number of anilines is 1. The molecule has 1 unspecified atom stereocenters. The molecule has 28 heavy (non-hydrogen) atoms. The van der Waals surface area contributed by atoms with E-state index in [1.807, 2.05) is 12.1 Å². The second-order valence-electron chi connectivity index (χ2n) is 5.97. The summed E-state index contributed by atoms with van der Waals surface area (Å²) in [4.78, 5) is 26.0. The summed E-state index contributed by atoms with van der Waals surface area (Å²) in [5.41, 5.74) is 1.24. The lowest BCUT2D eigenvalue weighted by Gasteiger charge is -2.23. The van der Waals surface area contributed by atoms with E-state index in [-0.39, 0.29) is 0 Å². The Hall–Kier alpha value is -2.90. The molecule has 2 heterocycles. The normalized spacial score (nSPS) is 11.6. The lowest BCUT2D eigenvalue weighted by atomic mass is 9.99. The SMILES string of the molecule is CN(C)C(=O)Oc1ccccc1C(Nc1ncccn1)c1cncc(Cl)c1Cl. The van der Waals surface area contributed by atoms with Crippen LogP contribution in [-0.4, -0.2) is 40.0 Å². The van der Waals surface area contributed by atoms with Gasteiger partial charge in [-0.25, -0.2) is 14.8 Å². The van der Waals surface area contributed by atoms with E-state index in [1.54, 1.807) is 50.9 Å². The van der Waals surface area contributed by atoms with Gasteiger partial charge in [0, 0.05) is 50.0 Å². The number of ether oxygens (including phenoxy) is 1. The number of aromatic nitrogens is 3. The number of rotatable bonds is 5. The molecule has 1 atom stereocenters. The number of halogens is 2. The Morgan fingerprint density at radius 2 is 1.79 bits per heavy atom. The number of carbonyl (C=O) groups excluding carboxylic acids is 1. The molecule has 144 valence electrons. The number of benzene rings is 1. The molecule has 3 aromatic rings. The van der Waals surface area contributed by atoms with Gasteiger partial charge in [0.1, 0.15) is 5.75 Å². The summed E-state index contributed by atoms with van der Waals surface area (Å²) in [6.07, 6.45) is 5.78. The summed E-state index contributed by atoms with van der Waals surface area (Å²) in [6, 6.07) is 8.26. The first-order valence-corrected chi connectivity index (χ1v) is 9.03. The van der Waals surface area contributed by atoms with Crippen LogP contribution >= 0.6 is 23.2 Å². The molecule has 0 saturated carbocycles. The van der Waals surface area contributed by atoms with Crippen molar-refractivity contribution in [2.45, 2.75) is 6.04 Å². The highest BCUT2D eigenvalue weighted by Crippen LogP contribution is 2.37. The summed E-state index contributed by atoms with van der Waals surface area (Å²) in [5, 5.41) is 3.85. The molecule has 7 nitrogen and oxygen atoms in total. The zero-order valence-electron chi connectivity index (χ0n) is 15.1. The Kier molecular flexibility index (Phi) is 6.28. The predicted molar refractivity (Wildman–Crippen MR) is 108 cm³/mol. The Labute approximate surface area is 172 Å². The lowest BCUT2D eigenvalue weighted by Crippen LogP contribution is -2.26. The van der Waals surface area contributed by atoms with Crippen LogP contribution in [0.1, 0.15) is 17.2 Å². The molecular weight excluding hydrogens is 401 g/mol. The third-order valence-corrected chi connectivity index (χ3v) is 4.61. The smallest absolute Gasteiger partial charge is 0.410 e. The van der Waals surface area contributed by atoms with Gasteiger partial charge in [0.2, 0.25) is 5.95 Å². The van der Waals surface area contributed by atoms with Gasteiger partial charge < -0.3 is 15.0 Å². The summed E-state index contributed by atoms with van der Waals surface area (Å²) in [6.45, 7) is 0. The zero-order chi connectivity index (χ0) is 20.1. The van der Waals surface area contributed by atoms with Crippen molar-refractivity contribution in [3.8, 4) is 5.75 Å². The number of hydrogen-bond acceptors (Lipinski definition) is 6. The molecule has 0 aliphatic heterocycles. The fourth-order valence-electron chi connectivity index (χ4n) is 2.46. The number of hydrogen-bond donors (Lipinski definition) is 1. The van der Waals surface area contributed by atoms with Gasteiger partial charge in [-0.3, -0.25) is 4.98 Å². The van der Waals surface area contributed by atoms with E-state index in [1.165, 1.54) is 11.1 Å². The summed E-state index contributed by atoms with van der Waals surface area (Å²) in [5.74, 6) is 0.739. The standard InChI is InChI=1S/C19H17Cl2N5O2/c1-26(2)19(27)28-15-7-4-3-6-12(15)17(25-18-23-8-5-9-24-18)13-10-22-11-14(20)16(13)21/h3-11,17H,1-2H3,(H,23,24,25). The van der Waals surface area contributed by atoms with Crippen LogP contribution in [0.25, 0.3) is 0 Å². The minimum atomic E-state index is -0.563. The first-order valence-electron chi connectivity index (χ1n) is 8.28. The van der Waals surface area contributed by atoms with Crippen LogP contribution in [0.4, 0.5) is 10.7 Å². The highest BCUT2D eigenvalue weighted by Gasteiger charge is 2.24. The molecule has 0 radical (unpaired) electrons. The van der Waals surface area contributed by atoms with E-state index < -0.39 is 12.1 Å². The van der Waals surface area contributed by atoms with Crippen molar-refractivity contribution in [2.24, 2.45) is 0 Å². The second kappa shape index (κ2) is 8.86. The number of nitrogens with zero attached hydrogens (tertiary/aromatic N) is 4. The Balaban J connectivity index is 2.09. The molecule has 0 aliphatic carbocycles. The van der Waals surface area contributed by atoms with Crippen LogP contribution in [0, 0.1) is 0 Å². The van der Waals surface area contributed by atoms with Crippen LogP contribution in [0.5, 0.6) is 5.75 Å². The summed E-state index contributed by atoms with van der Waals surface area (Å²) < 4.78 is 5.53.